The quantitative estimate of drug-likeness (QED) is 0.340. The van der Waals surface area contributed by atoms with Gasteiger partial charge in [-0.05, 0) is 24.6 Å². The van der Waals surface area contributed by atoms with E-state index in [9.17, 15) is 19.7 Å². The second-order valence-electron chi connectivity index (χ2n) is 3.60. The summed E-state index contributed by atoms with van der Waals surface area (Å²) in [4.78, 5) is 31.8. The maximum Gasteiger partial charge on any atom is 0.309 e. The van der Waals surface area contributed by atoms with Crippen LogP contribution >= 0.6 is 0 Å². The summed E-state index contributed by atoms with van der Waals surface area (Å²) in [7, 11) is 0. The number of esters is 1. The second kappa shape index (κ2) is 7.05. The van der Waals surface area contributed by atoms with E-state index >= 15 is 0 Å². The molecule has 0 aliphatic rings. The minimum absolute atomic E-state index is 0.00304. The molecule has 0 saturated carbocycles. The van der Waals surface area contributed by atoms with E-state index in [4.69, 9.17) is 4.74 Å². The van der Waals surface area contributed by atoms with Crippen molar-refractivity contribution in [3.63, 3.8) is 0 Å². The van der Waals surface area contributed by atoms with E-state index in [0.717, 1.165) is 0 Å². The molecule has 0 saturated heterocycles. The topological polar surface area (TPSA) is 86.5 Å². The van der Waals surface area contributed by atoms with E-state index in [2.05, 4.69) is 0 Å². The molecule has 0 spiro atoms. The molecule has 0 N–H and O–H groups in total. The van der Waals surface area contributed by atoms with Crippen molar-refractivity contribution in [3.05, 3.63) is 45.5 Å². The first-order valence-electron chi connectivity index (χ1n) is 5.64. The lowest BCUT2D eigenvalue weighted by atomic mass is 10.1. The molecule has 0 bridgehead atoms. The fourth-order valence-corrected chi connectivity index (χ4v) is 1.45. The predicted octanol–water partition coefficient (Wildman–Crippen LogP) is 2.37. The van der Waals surface area contributed by atoms with Crippen LogP contribution in [0.3, 0.4) is 0 Å². The summed E-state index contributed by atoms with van der Waals surface area (Å²) in [6, 6.07) is 4.16. The summed E-state index contributed by atoms with van der Waals surface area (Å²) in [6.45, 7) is 2.04. The highest BCUT2D eigenvalue weighted by Gasteiger charge is 2.12. The number of rotatable bonds is 6. The Kier molecular flexibility index (Phi) is 5.40. The van der Waals surface area contributed by atoms with Crippen LogP contribution in [-0.4, -0.2) is 23.8 Å². The maximum absolute atomic E-state index is 11.1. The van der Waals surface area contributed by atoms with Crippen LogP contribution < -0.4 is 0 Å². The molecule has 100 valence electrons. The van der Waals surface area contributed by atoms with Gasteiger partial charge in [0.25, 0.3) is 5.69 Å². The predicted molar refractivity (Wildman–Crippen MR) is 68.8 cm³/mol. The molecule has 6 nitrogen and oxygen atoms in total. The third-order valence-electron chi connectivity index (χ3n) is 2.28. The summed E-state index contributed by atoms with van der Waals surface area (Å²) < 4.78 is 4.74. The van der Waals surface area contributed by atoms with Crippen LogP contribution in [0, 0.1) is 10.1 Å². The van der Waals surface area contributed by atoms with Gasteiger partial charge in [0.1, 0.15) is 0 Å². The summed E-state index contributed by atoms with van der Waals surface area (Å²) in [5, 5.41) is 10.6. The van der Waals surface area contributed by atoms with E-state index in [1.165, 1.54) is 18.2 Å². The van der Waals surface area contributed by atoms with Gasteiger partial charge in [0.15, 0.2) is 6.29 Å². The molecule has 6 heteroatoms. The van der Waals surface area contributed by atoms with Crippen LogP contribution in [0.1, 0.15) is 29.3 Å². The van der Waals surface area contributed by atoms with Crippen molar-refractivity contribution in [1.82, 2.24) is 0 Å². The Morgan fingerprint density at radius 3 is 2.79 bits per heavy atom. The van der Waals surface area contributed by atoms with E-state index in [-0.39, 0.29) is 23.6 Å². The maximum atomic E-state index is 11.1. The van der Waals surface area contributed by atoms with Gasteiger partial charge in [-0.1, -0.05) is 12.2 Å². The first-order chi connectivity index (χ1) is 9.08. The zero-order chi connectivity index (χ0) is 14.3. The number of hydrogen-bond donors (Lipinski definition) is 0. The molecule has 0 aromatic heterocycles. The van der Waals surface area contributed by atoms with Crippen molar-refractivity contribution >= 4 is 24.0 Å². The molecular formula is C13H13NO5. The van der Waals surface area contributed by atoms with Crippen LogP contribution in [0.2, 0.25) is 0 Å². The highest BCUT2D eigenvalue weighted by molar-refractivity contribution is 5.83. The van der Waals surface area contributed by atoms with E-state index in [1.807, 2.05) is 0 Å². The van der Waals surface area contributed by atoms with Crippen LogP contribution in [-0.2, 0) is 9.53 Å². The van der Waals surface area contributed by atoms with Gasteiger partial charge in [0, 0.05) is 6.07 Å². The lowest BCUT2D eigenvalue weighted by molar-refractivity contribution is -0.385. The van der Waals surface area contributed by atoms with Gasteiger partial charge < -0.3 is 4.74 Å². The van der Waals surface area contributed by atoms with Crippen molar-refractivity contribution in [3.8, 4) is 0 Å². The largest absolute Gasteiger partial charge is 0.466 e. The minimum Gasteiger partial charge on any atom is -0.466 e. The third-order valence-corrected chi connectivity index (χ3v) is 2.28. The number of aldehydes is 1. The van der Waals surface area contributed by atoms with Crippen molar-refractivity contribution in [1.29, 1.82) is 0 Å². The third kappa shape index (κ3) is 4.34. The summed E-state index contributed by atoms with van der Waals surface area (Å²) in [6.07, 6.45) is 3.73. The Bertz CT molecular complexity index is 522. The number of nitrogens with zero attached hydrogens (tertiary/aromatic N) is 1. The number of nitro groups is 1. The van der Waals surface area contributed by atoms with Crippen molar-refractivity contribution in [2.24, 2.45) is 0 Å². The monoisotopic (exact) mass is 263 g/mol. The smallest absolute Gasteiger partial charge is 0.309 e. The molecule has 0 aliphatic heterocycles. The second-order valence-corrected chi connectivity index (χ2v) is 3.60. The molecule has 19 heavy (non-hydrogen) atoms. The molecule has 0 heterocycles. The number of ether oxygens (including phenoxy) is 1. The number of nitro benzene ring substituents is 1. The number of carbonyl (C=O) groups is 2. The lowest BCUT2D eigenvalue weighted by Gasteiger charge is -1.99. The zero-order valence-corrected chi connectivity index (χ0v) is 10.4. The molecule has 1 aromatic rings. The summed E-state index contributed by atoms with van der Waals surface area (Å²) in [5.41, 5.74) is 0.373. The SMILES string of the molecule is CCOC(=O)CC=Cc1ccc([N+](=O)[O-])c(C=O)c1. The molecule has 1 rings (SSSR count). The highest BCUT2D eigenvalue weighted by Crippen LogP contribution is 2.19. The van der Waals surface area contributed by atoms with E-state index < -0.39 is 4.92 Å². The van der Waals surface area contributed by atoms with Gasteiger partial charge in [-0.3, -0.25) is 19.7 Å². The Morgan fingerprint density at radius 1 is 1.47 bits per heavy atom. The molecule has 0 unspecified atom stereocenters. The summed E-state index contributed by atoms with van der Waals surface area (Å²) >= 11 is 0. The van der Waals surface area contributed by atoms with Gasteiger partial charge in [0.2, 0.25) is 0 Å². The van der Waals surface area contributed by atoms with Crippen LogP contribution in [0.5, 0.6) is 0 Å². The Hall–Kier alpha value is -2.50. The minimum atomic E-state index is -0.615. The number of carbonyl (C=O) groups excluding carboxylic acids is 2. The van der Waals surface area contributed by atoms with Crippen LogP contribution in [0.15, 0.2) is 24.3 Å². The van der Waals surface area contributed by atoms with Gasteiger partial charge in [-0.2, -0.15) is 0 Å². The molecule has 0 atom stereocenters. The molecular weight excluding hydrogens is 250 g/mol. The summed E-state index contributed by atoms with van der Waals surface area (Å²) in [5.74, 6) is -0.351. The average molecular weight is 263 g/mol. The molecule has 0 radical (unpaired) electrons. The van der Waals surface area contributed by atoms with Gasteiger partial charge in [-0.15, -0.1) is 0 Å². The fourth-order valence-electron chi connectivity index (χ4n) is 1.45. The molecule has 1 aromatic carbocycles. The first-order valence-corrected chi connectivity index (χ1v) is 5.64. The standard InChI is InChI=1S/C13H13NO5/c1-2-19-13(16)5-3-4-10-6-7-12(14(17)18)11(8-10)9-15/h3-4,6-9H,2,5H2,1H3. The molecule has 0 amide bonds. The van der Waals surface area contributed by atoms with Gasteiger partial charge in [0.05, 0.1) is 23.5 Å². The van der Waals surface area contributed by atoms with Crippen LogP contribution in [0.25, 0.3) is 6.08 Å². The number of hydrogen-bond acceptors (Lipinski definition) is 5. The van der Waals surface area contributed by atoms with E-state index in [1.54, 1.807) is 19.1 Å². The zero-order valence-electron chi connectivity index (χ0n) is 10.4. The van der Waals surface area contributed by atoms with Crippen LogP contribution in [0.4, 0.5) is 5.69 Å². The normalized spacial score (nSPS) is 10.4. The van der Waals surface area contributed by atoms with Gasteiger partial charge >= 0.3 is 5.97 Å². The van der Waals surface area contributed by atoms with E-state index in [0.29, 0.717) is 18.5 Å². The Balaban J connectivity index is 2.80. The highest BCUT2D eigenvalue weighted by atomic mass is 16.6. The average Bonchev–Trinajstić information content (AvgIpc) is 2.38. The fraction of sp³-hybridized carbons (Fsp3) is 0.231. The van der Waals surface area contributed by atoms with Crippen molar-refractivity contribution in [2.45, 2.75) is 13.3 Å². The number of benzene rings is 1. The lowest BCUT2D eigenvalue weighted by Crippen LogP contribution is -2.01. The van der Waals surface area contributed by atoms with Crippen molar-refractivity contribution < 1.29 is 19.2 Å². The van der Waals surface area contributed by atoms with Crippen molar-refractivity contribution in [2.75, 3.05) is 6.61 Å². The Labute approximate surface area is 109 Å². The molecule has 0 fully saturated rings. The van der Waals surface area contributed by atoms with Gasteiger partial charge in [-0.25, -0.2) is 0 Å². The molecule has 0 aliphatic carbocycles. The Morgan fingerprint density at radius 2 is 2.21 bits per heavy atom. The first kappa shape index (κ1) is 14.6.